The maximum atomic E-state index is 5.92. The van der Waals surface area contributed by atoms with Gasteiger partial charge in [-0.3, -0.25) is 0 Å². The lowest BCUT2D eigenvalue weighted by molar-refractivity contribution is 0.238. The van der Waals surface area contributed by atoms with Crippen molar-refractivity contribution in [2.75, 3.05) is 12.3 Å². The fourth-order valence-electron chi connectivity index (χ4n) is 1.89. The van der Waals surface area contributed by atoms with Crippen LogP contribution in [-0.2, 0) is 13.6 Å². The second kappa shape index (κ2) is 9.00. The van der Waals surface area contributed by atoms with Crippen LogP contribution in [-0.4, -0.2) is 38.6 Å². The quantitative estimate of drug-likeness (QED) is 0.477. The lowest BCUT2D eigenvalue weighted by Crippen LogP contribution is -2.18. The van der Waals surface area contributed by atoms with Crippen molar-refractivity contribution in [1.29, 1.82) is 0 Å². The maximum Gasteiger partial charge on any atom is 0.209 e. The predicted octanol–water partition coefficient (Wildman–Crippen LogP) is 3.40. The first-order valence-corrected chi connectivity index (χ1v) is 9.75. The van der Waals surface area contributed by atoms with E-state index in [1.807, 2.05) is 27.0 Å². The van der Waals surface area contributed by atoms with Crippen LogP contribution in [0, 0.1) is 0 Å². The normalized spacial score (nSPS) is 11.2. The van der Waals surface area contributed by atoms with E-state index >= 15 is 0 Å². The minimum absolute atomic E-state index is 0.130. The Morgan fingerprint density at radius 1 is 1.35 bits per heavy atom. The molecular formula is C14H19Br2N5OS. The van der Waals surface area contributed by atoms with E-state index in [1.54, 1.807) is 16.4 Å². The molecule has 0 saturated heterocycles. The second-order valence-electron chi connectivity index (χ2n) is 5.15. The summed E-state index contributed by atoms with van der Waals surface area (Å²) < 4.78 is 9.57. The zero-order valence-corrected chi connectivity index (χ0v) is 17.2. The summed E-state index contributed by atoms with van der Waals surface area (Å²) in [5.41, 5.74) is 1.12. The highest BCUT2D eigenvalue weighted by Gasteiger charge is 2.11. The highest BCUT2D eigenvalue weighted by atomic mass is 79.9. The van der Waals surface area contributed by atoms with Gasteiger partial charge in [0.2, 0.25) is 5.16 Å². The average Bonchev–Trinajstić information content (AvgIpc) is 2.87. The lowest BCUT2D eigenvalue weighted by Gasteiger charge is -2.17. The maximum absolute atomic E-state index is 5.92. The molecule has 0 radical (unpaired) electrons. The molecule has 126 valence electrons. The minimum Gasteiger partial charge on any atom is -0.489 e. The number of tetrazole rings is 1. The highest BCUT2D eigenvalue weighted by molar-refractivity contribution is 9.11. The molecule has 0 spiro atoms. The predicted molar refractivity (Wildman–Crippen MR) is 98.8 cm³/mol. The molecule has 1 aromatic carbocycles. The molecule has 0 aliphatic rings. The number of hydrogen-bond donors (Lipinski definition) is 1. The number of rotatable bonds is 8. The summed E-state index contributed by atoms with van der Waals surface area (Å²) >= 11 is 8.72. The van der Waals surface area contributed by atoms with Crippen molar-refractivity contribution in [2.24, 2.45) is 7.05 Å². The number of benzene rings is 1. The Labute approximate surface area is 157 Å². The first-order valence-electron chi connectivity index (χ1n) is 7.18. The first kappa shape index (κ1) is 18.7. The molecule has 2 aromatic rings. The van der Waals surface area contributed by atoms with Gasteiger partial charge in [0.15, 0.2) is 0 Å². The molecule has 0 unspecified atom stereocenters. The molecule has 0 aliphatic heterocycles. The van der Waals surface area contributed by atoms with E-state index in [4.69, 9.17) is 4.74 Å². The van der Waals surface area contributed by atoms with E-state index in [-0.39, 0.29) is 6.10 Å². The summed E-state index contributed by atoms with van der Waals surface area (Å²) in [6.07, 6.45) is 0.130. The molecule has 9 heteroatoms. The molecule has 1 aromatic heterocycles. The summed E-state index contributed by atoms with van der Waals surface area (Å²) in [5, 5.41) is 15.6. The molecule has 0 aliphatic carbocycles. The van der Waals surface area contributed by atoms with Crippen molar-refractivity contribution in [3.8, 4) is 5.75 Å². The molecule has 0 fully saturated rings. The number of ether oxygens (including phenoxy) is 1. The third kappa shape index (κ3) is 5.74. The molecular weight excluding hydrogens is 446 g/mol. The van der Waals surface area contributed by atoms with Gasteiger partial charge in [-0.25, -0.2) is 4.68 Å². The number of nitrogens with zero attached hydrogens (tertiary/aromatic N) is 4. The number of aryl methyl sites for hydroxylation is 1. The fraction of sp³-hybridized carbons (Fsp3) is 0.500. The van der Waals surface area contributed by atoms with Crippen molar-refractivity contribution < 1.29 is 4.74 Å². The first-order chi connectivity index (χ1) is 11.0. The van der Waals surface area contributed by atoms with Crippen LogP contribution in [0.5, 0.6) is 5.75 Å². The summed E-state index contributed by atoms with van der Waals surface area (Å²) in [6, 6.07) is 4.08. The number of aromatic nitrogens is 4. The molecule has 23 heavy (non-hydrogen) atoms. The molecule has 0 atom stereocenters. The van der Waals surface area contributed by atoms with Crippen LogP contribution in [0.2, 0.25) is 0 Å². The van der Waals surface area contributed by atoms with Gasteiger partial charge in [-0.05, 0) is 52.3 Å². The van der Waals surface area contributed by atoms with Gasteiger partial charge in [-0.2, -0.15) is 0 Å². The standard InChI is InChI=1S/C14H19Br2N5OS/c1-9(2)22-13-10(6-11(15)7-12(13)16)8-17-4-5-23-14-18-19-20-21(14)3/h6-7,9,17H,4-5,8H2,1-3H3. The molecule has 6 nitrogen and oxygen atoms in total. The Kier molecular flexibility index (Phi) is 7.32. The van der Waals surface area contributed by atoms with E-state index in [0.717, 1.165) is 44.3 Å². The molecule has 2 rings (SSSR count). The van der Waals surface area contributed by atoms with Crippen LogP contribution in [0.1, 0.15) is 19.4 Å². The zero-order chi connectivity index (χ0) is 16.8. The van der Waals surface area contributed by atoms with Gasteiger partial charge in [-0.15, -0.1) is 5.10 Å². The zero-order valence-electron chi connectivity index (χ0n) is 13.2. The Morgan fingerprint density at radius 2 is 2.13 bits per heavy atom. The Balaban J connectivity index is 1.88. The minimum atomic E-state index is 0.130. The van der Waals surface area contributed by atoms with Crippen LogP contribution in [0.4, 0.5) is 0 Å². The van der Waals surface area contributed by atoms with Crippen LogP contribution in [0.25, 0.3) is 0 Å². The van der Waals surface area contributed by atoms with E-state index < -0.39 is 0 Å². The number of thioether (sulfide) groups is 1. The van der Waals surface area contributed by atoms with Crippen molar-refractivity contribution in [1.82, 2.24) is 25.5 Å². The van der Waals surface area contributed by atoms with Gasteiger partial charge < -0.3 is 10.1 Å². The van der Waals surface area contributed by atoms with Gasteiger partial charge in [0, 0.05) is 35.9 Å². The Morgan fingerprint density at radius 3 is 2.78 bits per heavy atom. The van der Waals surface area contributed by atoms with Crippen molar-refractivity contribution >= 4 is 43.6 Å². The monoisotopic (exact) mass is 463 g/mol. The number of hydrogen-bond acceptors (Lipinski definition) is 6. The summed E-state index contributed by atoms with van der Waals surface area (Å²) in [4.78, 5) is 0. The molecule has 0 bridgehead atoms. The number of nitrogens with one attached hydrogen (secondary N) is 1. The van der Waals surface area contributed by atoms with Gasteiger partial charge in [0.1, 0.15) is 5.75 Å². The third-order valence-electron chi connectivity index (χ3n) is 2.85. The van der Waals surface area contributed by atoms with E-state index in [9.17, 15) is 0 Å². The van der Waals surface area contributed by atoms with Crippen LogP contribution in [0.3, 0.4) is 0 Å². The van der Waals surface area contributed by atoms with Crippen LogP contribution >= 0.6 is 43.6 Å². The van der Waals surface area contributed by atoms with Gasteiger partial charge in [-0.1, -0.05) is 27.7 Å². The highest BCUT2D eigenvalue weighted by Crippen LogP contribution is 2.33. The summed E-state index contributed by atoms with van der Waals surface area (Å²) in [7, 11) is 1.84. The molecule has 0 saturated carbocycles. The largest absolute Gasteiger partial charge is 0.489 e. The van der Waals surface area contributed by atoms with E-state index in [1.165, 1.54) is 0 Å². The Bertz CT molecular complexity index is 650. The van der Waals surface area contributed by atoms with Gasteiger partial charge >= 0.3 is 0 Å². The van der Waals surface area contributed by atoms with Crippen molar-refractivity contribution in [3.63, 3.8) is 0 Å². The van der Waals surface area contributed by atoms with Crippen LogP contribution in [0.15, 0.2) is 26.2 Å². The van der Waals surface area contributed by atoms with Crippen LogP contribution < -0.4 is 10.1 Å². The summed E-state index contributed by atoms with van der Waals surface area (Å²) in [6.45, 7) is 5.63. The van der Waals surface area contributed by atoms with Gasteiger partial charge in [0.05, 0.1) is 10.6 Å². The molecule has 0 amide bonds. The fourth-order valence-corrected chi connectivity index (χ4v) is 4.05. The van der Waals surface area contributed by atoms with Gasteiger partial charge in [0.25, 0.3) is 0 Å². The smallest absolute Gasteiger partial charge is 0.209 e. The topological polar surface area (TPSA) is 64.9 Å². The lowest BCUT2D eigenvalue weighted by atomic mass is 10.2. The van der Waals surface area contributed by atoms with E-state index in [2.05, 4.69) is 58.8 Å². The van der Waals surface area contributed by atoms with E-state index in [0.29, 0.717) is 0 Å². The Hall–Kier alpha value is -0.640. The average molecular weight is 465 g/mol. The summed E-state index contributed by atoms with van der Waals surface area (Å²) in [5.74, 6) is 1.78. The molecule has 1 heterocycles. The third-order valence-corrected chi connectivity index (χ3v) is 4.90. The second-order valence-corrected chi connectivity index (χ2v) is 7.98. The SMILES string of the molecule is CC(C)Oc1c(Br)cc(Br)cc1CNCCSc1nnnn1C. The molecule has 1 N–H and O–H groups in total. The number of halogens is 2. The van der Waals surface area contributed by atoms with Crippen molar-refractivity contribution in [2.45, 2.75) is 31.7 Å². The van der Waals surface area contributed by atoms with Crippen molar-refractivity contribution in [3.05, 3.63) is 26.6 Å².